The second kappa shape index (κ2) is 8.00. The van der Waals surface area contributed by atoms with Crippen LogP contribution in [-0.2, 0) is 9.59 Å². The van der Waals surface area contributed by atoms with Crippen LogP contribution in [0.25, 0.3) is 6.08 Å². The Bertz CT molecular complexity index is 972. The highest BCUT2D eigenvalue weighted by Gasteiger charge is 2.37. The van der Waals surface area contributed by atoms with Gasteiger partial charge in [0.2, 0.25) is 11.6 Å². The Kier molecular flexibility index (Phi) is 5.49. The van der Waals surface area contributed by atoms with Gasteiger partial charge in [0.15, 0.2) is 23.3 Å². The summed E-state index contributed by atoms with van der Waals surface area (Å²) in [5.74, 6) is -0.466. The number of thioether (sulfide) groups is 1. The summed E-state index contributed by atoms with van der Waals surface area (Å²) in [5.41, 5.74) is 11.3. The van der Waals surface area contributed by atoms with Gasteiger partial charge in [-0.15, -0.1) is 0 Å². The molecule has 5 N–H and O–H groups in total. The normalized spacial score (nSPS) is 15.3. The summed E-state index contributed by atoms with van der Waals surface area (Å²) in [6.45, 7) is 1.89. The largest absolute Gasteiger partial charge is 0.490 e. The Labute approximate surface area is 163 Å². The second-order valence-corrected chi connectivity index (χ2v) is 6.45. The van der Waals surface area contributed by atoms with Crippen LogP contribution in [0.3, 0.4) is 0 Å². The van der Waals surface area contributed by atoms with Crippen LogP contribution in [0.5, 0.6) is 11.5 Å². The van der Waals surface area contributed by atoms with E-state index in [1.165, 1.54) is 0 Å². The van der Waals surface area contributed by atoms with Crippen molar-refractivity contribution < 1.29 is 23.7 Å². The number of amidine groups is 1. The molecule has 1 saturated heterocycles. The monoisotopic (exact) mass is 404 g/mol. The van der Waals surface area contributed by atoms with E-state index in [4.69, 9.17) is 26.4 Å². The summed E-state index contributed by atoms with van der Waals surface area (Å²) in [5, 5.41) is 14.9. The third-order valence-electron chi connectivity index (χ3n) is 3.47. The minimum atomic E-state index is -0.609. The summed E-state index contributed by atoms with van der Waals surface area (Å²) in [7, 11) is 0. The number of nitrogens with zero attached hydrogens (tertiary/aromatic N) is 3. The van der Waals surface area contributed by atoms with Crippen LogP contribution in [0.1, 0.15) is 12.5 Å². The number of benzene rings is 1. The molecule has 0 atom stereocenters. The Morgan fingerprint density at radius 3 is 2.79 bits per heavy atom. The molecule has 146 valence electrons. The lowest BCUT2D eigenvalue weighted by Gasteiger charge is -2.11. The number of amides is 2. The van der Waals surface area contributed by atoms with Crippen molar-refractivity contribution in [1.29, 1.82) is 5.41 Å². The van der Waals surface area contributed by atoms with E-state index in [1.807, 2.05) is 0 Å². The van der Waals surface area contributed by atoms with Crippen molar-refractivity contribution in [3.8, 4) is 11.5 Å². The molecule has 3 rings (SSSR count). The number of hydrogen-bond acceptors (Lipinski definition) is 10. The van der Waals surface area contributed by atoms with E-state index in [9.17, 15) is 9.59 Å². The molecule has 0 aliphatic carbocycles. The quantitative estimate of drug-likeness (QED) is 0.569. The van der Waals surface area contributed by atoms with E-state index in [2.05, 4.69) is 14.9 Å². The van der Waals surface area contributed by atoms with Crippen molar-refractivity contribution in [3.05, 3.63) is 28.7 Å². The second-order valence-electron chi connectivity index (χ2n) is 5.42. The number of carbonyl (C=O) groups is 2. The molecule has 2 heterocycles. The zero-order valence-corrected chi connectivity index (χ0v) is 15.5. The van der Waals surface area contributed by atoms with Gasteiger partial charge in [-0.2, -0.15) is 0 Å². The first-order valence-electron chi connectivity index (χ1n) is 7.99. The molecule has 0 unspecified atom stereocenters. The maximum Gasteiger partial charge on any atom is 0.272 e. The molecule has 1 aromatic carbocycles. The summed E-state index contributed by atoms with van der Waals surface area (Å²) < 4.78 is 15.3. The Balaban J connectivity index is 1.87. The van der Waals surface area contributed by atoms with Gasteiger partial charge in [0, 0.05) is 0 Å². The standard InChI is InChI=1S/C16H16N6O5S/c1-2-25-10-5-8(3-4-9(10)26-7-12(17)23)6-11-15(24)22(16(19)28-11)14-13(18)20-27-21-14/h3-6,19H,2,7H2,1H3,(H2,17,23)(H2,18,20). The molecular weight excluding hydrogens is 388 g/mol. The van der Waals surface area contributed by atoms with E-state index in [0.29, 0.717) is 23.7 Å². The van der Waals surface area contributed by atoms with E-state index in [1.54, 1.807) is 31.2 Å². The van der Waals surface area contributed by atoms with Crippen molar-refractivity contribution in [2.45, 2.75) is 6.92 Å². The molecule has 12 heteroatoms. The SMILES string of the molecule is CCOc1cc(C=C2SC(=N)N(c3nonc3N)C2=O)ccc1OCC(N)=O. The predicted molar refractivity (Wildman–Crippen MR) is 102 cm³/mol. The summed E-state index contributed by atoms with van der Waals surface area (Å²) in [6.07, 6.45) is 1.59. The number of aromatic nitrogens is 2. The van der Waals surface area contributed by atoms with E-state index in [0.717, 1.165) is 16.7 Å². The zero-order valence-electron chi connectivity index (χ0n) is 14.7. The first-order valence-corrected chi connectivity index (χ1v) is 8.81. The molecule has 2 aromatic rings. The fourth-order valence-corrected chi connectivity index (χ4v) is 3.17. The molecular formula is C16H16N6O5S. The Morgan fingerprint density at radius 1 is 1.36 bits per heavy atom. The smallest absolute Gasteiger partial charge is 0.272 e. The zero-order chi connectivity index (χ0) is 20.3. The van der Waals surface area contributed by atoms with E-state index >= 15 is 0 Å². The highest BCUT2D eigenvalue weighted by molar-refractivity contribution is 8.19. The number of anilines is 2. The van der Waals surface area contributed by atoms with E-state index < -0.39 is 11.8 Å². The van der Waals surface area contributed by atoms with Gasteiger partial charge in [0.05, 0.1) is 11.5 Å². The van der Waals surface area contributed by atoms with Gasteiger partial charge in [0.1, 0.15) is 0 Å². The van der Waals surface area contributed by atoms with Crippen LogP contribution >= 0.6 is 11.8 Å². The van der Waals surface area contributed by atoms with Crippen LogP contribution in [0.4, 0.5) is 11.6 Å². The van der Waals surface area contributed by atoms with Crippen LogP contribution in [-0.4, -0.2) is 40.5 Å². The average Bonchev–Trinajstić information content (AvgIpc) is 3.17. The lowest BCUT2D eigenvalue weighted by Crippen LogP contribution is -2.29. The van der Waals surface area contributed by atoms with Gasteiger partial charge in [-0.1, -0.05) is 6.07 Å². The minimum absolute atomic E-state index is 0.0314. The van der Waals surface area contributed by atoms with Gasteiger partial charge >= 0.3 is 0 Å². The van der Waals surface area contributed by atoms with Crippen LogP contribution < -0.4 is 25.8 Å². The number of carbonyl (C=O) groups excluding carboxylic acids is 2. The first kappa shape index (κ1) is 19.2. The molecule has 1 aromatic heterocycles. The van der Waals surface area contributed by atoms with Crippen molar-refractivity contribution in [1.82, 2.24) is 10.3 Å². The maximum absolute atomic E-state index is 12.6. The van der Waals surface area contributed by atoms with Crippen LogP contribution in [0.2, 0.25) is 0 Å². The molecule has 1 aliphatic rings. The molecule has 0 spiro atoms. The van der Waals surface area contributed by atoms with Crippen molar-refractivity contribution in [3.63, 3.8) is 0 Å². The van der Waals surface area contributed by atoms with Crippen molar-refractivity contribution in [2.75, 3.05) is 23.8 Å². The summed E-state index contributed by atoms with van der Waals surface area (Å²) in [4.78, 5) is 24.9. The molecule has 1 fully saturated rings. The molecule has 0 saturated carbocycles. The van der Waals surface area contributed by atoms with Gasteiger partial charge in [-0.05, 0) is 52.8 Å². The lowest BCUT2D eigenvalue weighted by atomic mass is 10.2. The van der Waals surface area contributed by atoms with Crippen LogP contribution in [0.15, 0.2) is 27.7 Å². The third kappa shape index (κ3) is 3.91. The predicted octanol–water partition coefficient (Wildman–Crippen LogP) is 0.970. The van der Waals surface area contributed by atoms with E-state index in [-0.39, 0.29) is 28.3 Å². The number of nitrogens with one attached hydrogen (secondary N) is 1. The first-order chi connectivity index (χ1) is 13.4. The highest BCUT2D eigenvalue weighted by Crippen LogP contribution is 2.37. The van der Waals surface area contributed by atoms with Crippen LogP contribution in [0, 0.1) is 5.41 Å². The Hall–Kier alpha value is -3.54. The van der Waals surface area contributed by atoms with Gasteiger partial charge in [0.25, 0.3) is 11.8 Å². The fraction of sp³-hybridized carbons (Fsp3) is 0.188. The number of hydrogen-bond donors (Lipinski definition) is 3. The third-order valence-corrected chi connectivity index (χ3v) is 4.35. The summed E-state index contributed by atoms with van der Waals surface area (Å²) in [6, 6.07) is 4.93. The molecule has 2 amide bonds. The number of nitrogen functional groups attached to an aromatic ring is 1. The molecule has 28 heavy (non-hydrogen) atoms. The highest BCUT2D eigenvalue weighted by atomic mass is 32.2. The number of primary amides is 1. The number of ether oxygens (including phenoxy) is 2. The van der Waals surface area contributed by atoms with Gasteiger partial charge in [-0.3, -0.25) is 15.0 Å². The lowest BCUT2D eigenvalue weighted by molar-refractivity contribution is -0.120. The maximum atomic E-state index is 12.6. The molecule has 0 radical (unpaired) electrons. The van der Waals surface area contributed by atoms with Gasteiger partial charge < -0.3 is 20.9 Å². The molecule has 11 nitrogen and oxygen atoms in total. The van der Waals surface area contributed by atoms with Crippen molar-refractivity contribution in [2.24, 2.45) is 5.73 Å². The number of rotatable bonds is 7. The Morgan fingerprint density at radius 2 is 2.14 bits per heavy atom. The average molecular weight is 404 g/mol. The summed E-state index contributed by atoms with van der Waals surface area (Å²) >= 11 is 0.944. The fourth-order valence-electron chi connectivity index (χ4n) is 2.33. The number of nitrogens with two attached hydrogens (primary N) is 2. The molecule has 1 aliphatic heterocycles. The minimum Gasteiger partial charge on any atom is -0.490 e. The van der Waals surface area contributed by atoms with Gasteiger partial charge in [-0.25, -0.2) is 9.53 Å². The molecule has 0 bridgehead atoms. The topological polar surface area (TPSA) is 171 Å². The van der Waals surface area contributed by atoms with Crippen molar-refractivity contribution >= 4 is 46.5 Å².